The van der Waals surface area contributed by atoms with E-state index in [1.807, 2.05) is 18.2 Å². The van der Waals surface area contributed by atoms with E-state index < -0.39 is 28.8 Å². The summed E-state index contributed by atoms with van der Waals surface area (Å²) in [5, 5.41) is 0. The molecule has 0 saturated heterocycles. The van der Waals surface area contributed by atoms with Crippen molar-refractivity contribution in [2.75, 3.05) is 0 Å². The van der Waals surface area contributed by atoms with Crippen molar-refractivity contribution in [1.29, 1.82) is 0 Å². The van der Waals surface area contributed by atoms with Gasteiger partial charge in [0.15, 0.2) is 5.78 Å². The van der Waals surface area contributed by atoms with E-state index in [1.165, 1.54) is 24.3 Å². The molecule has 0 aliphatic rings. The van der Waals surface area contributed by atoms with Gasteiger partial charge in [-0.15, -0.1) is 0 Å². The van der Waals surface area contributed by atoms with Gasteiger partial charge in [0.2, 0.25) is 0 Å². The van der Waals surface area contributed by atoms with Gasteiger partial charge in [-0.2, -0.15) is 0 Å². The fraction of sp³-hybridized carbons (Fsp3) is 0. The normalized spacial score (nSPS) is 10.5. The molecule has 0 atom stereocenters. The number of hydrogen-bond acceptors (Lipinski definition) is 2. The molecular weight excluding hydrogens is 317 g/mol. The van der Waals surface area contributed by atoms with E-state index in [0.717, 1.165) is 0 Å². The molecule has 0 N–H and O–H groups in total. The Morgan fingerprint density at radius 1 is 0.750 bits per heavy atom. The highest BCUT2D eigenvalue weighted by Crippen LogP contribution is 2.23. The summed E-state index contributed by atoms with van der Waals surface area (Å²) in [5.74, 6) is -3.32. The third kappa shape index (κ3) is 3.30. The van der Waals surface area contributed by atoms with Gasteiger partial charge < -0.3 is 4.74 Å². The summed E-state index contributed by atoms with van der Waals surface area (Å²) in [5.41, 5.74) is -0.715. The van der Waals surface area contributed by atoms with Crippen LogP contribution in [-0.2, 0) is 0 Å². The molecule has 0 heterocycles. The molecule has 0 unspecified atom stereocenters. The molecule has 3 aromatic carbocycles. The van der Waals surface area contributed by atoms with Crippen molar-refractivity contribution in [2.45, 2.75) is 0 Å². The smallest absolute Gasteiger partial charge is 0.198 e. The lowest BCUT2D eigenvalue weighted by Gasteiger charge is -2.07. The molecule has 2 nitrogen and oxygen atoms in total. The molecule has 0 amide bonds. The molecule has 0 fully saturated rings. The highest BCUT2D eigenvalue weighted by molar-refractivity contribution is 6.09. The Morgan fingerprint density at radius 2 is 1.29 bits per heavy atom. The van der Waals surface area contributed by atoms with Gasteiger partial charge in [-0.05, 0) is 36.4 Å². The van der Waals surface area contributed by atoms with Gasteiger partial charge in [0, 0.05) is 17.7 Å². The number of carbonyl (C=O) groups is 1. The molecular formula is C19H11F3O2. The number of para-hydroxylation sites is 1. The summed E-state index contributed by atoms with van der Waals surface area (Å²) in [6.07, 6.45) is 0. The quantitative estimate of drug-likeness (QED) is 0.621. The van der Waals surface area contributed by atoms with E-state index in [2.05, 4.69) is 0 Å². The van der Waals surface area contributed by atoms with Crippen molar-refractivity contribution in [3.63, 3.8) is 0 Å². The molecule has 120 valence electrons. The zero-order valence-corrected chi connectivity index (χ0v) is 12.3. The maximum atomic E-state index is 13.7. The molecule has 0 aliphatic carbocycles. The van der Waals surface area contributed by atoms with Crippen LogP contribution in [0.5, 0.6) is 11.5 Å². The summed E-state index contributed by atoms with van der Waals surface area (Å²) < 4.78 is 45.9. The van der Waals surface area contributed by atoms with Crippen molar-refractivity contribution < 1.29 is 22.7 Å². The predicted octanol–water partition coefficient (Wildman–Crippen LogP) is 5.13. The van der Waals surface area contributed by atoms with E-state index >= 15 is 0 Å². The minimum atomic E-state index is -1.23. The standard InChI is InChI=1S/C19H11F3O2/c20-13-10-16(21)18(17(22)11-13)19(23)12-6-8-15(9-7-12)24-14-4-2-1-3-5-14/h1-11H. The molecule has 3 aromatic rings. The highest BCUT2D eigenvalue weighted by Gasteiger charge is 2.20. The highest BCUT2D eigenvalue weighted by atomic mass is 19.1. The van der Waals surface area contributed by atoms with Crippen LogP contribution in [0.15, 0.2) is 66.7 Å². The van der Waals surface area contributed by atoms with Gasteiger partial charge in [0.1, 0.15) is 29.0 Å². The van der Waals surface area contributed by atoms with E-state index in [0.29, 0.717) is 23.6 Å². The van der Waals surface area contributed by atoms with Crippen LogP contribution in [0.25, 0.3) is 0 Å². The lowest BCUT2D eigenvalue weighted by atomic mass is 10.0. The molecule has 3 rings (SSSR count). The average molecular weight is 328 g/mol. The number of ether oxygens (including phenoxy) is 1. The first kappa shape index (κ1) is 15.8. The number of ketones is 1. The average Bonchev–Trinajstić information content (AvgIpc) is 2.55. The zero-order chi connectivity index (χ0) is 17.1. The van der Waals surface area contributed by atoms with Gasteiger partial charge in [0.25, 0.3) is 0 Å². The Bertz CT molecular complexity index is 852. The summed E-state index contributed by atoms with van der Waals surface area (Å²) in [6, 6.07) is 15.8. The van der Waals surface area contributed by atoms with E-state index in [-0.39, 0.29) is 5.56 Å². The van der Waals surface area contributed by atoms with Gasteiger partial charge in [0.05, 0.1) is 5.56 Å². The third-order valence-corrected chi connectivity index (χ3v) is 3.33. The first-order valence-corrected chi connectivity index (χ1v) is 7.07. The maximum absolute atomic E-state index is 13.7. The monoisotopic (exact) mass is 328 g/mol. The van der Waals surface area contributed by atoms with Crippen LogP contribution in [0, 0.1) is 17.5 Å². The summed E-state index contributed by atoms with van der Waals surface area (Å²) in [6.45, 7) is 0. The molecule has 0 aromatic heterocycles. The fourth-order valence-corrected chi connectivity index (χ4v) is 2.20. The lowest BCUT2D eigenvalue weighted by molar-refractivity contribution is 0.103. The molecule has 5 heteroatoms. The number of carbonyl (C=O) groups excluding carboxylic acids is 1. The number of benzene rings is 3. The molecule has 0 spiro atoms. The van der Waals surface area contributed by atoms with Crippen molar-refractivity contribution in [2.24, 2.45) is 0 Å². The van der Waals surface area contributed by atoms with Gasteiger partial charge >= 0.3 is 0 Å². The molecule has 0 aliphatic heterocycles. The van der Waals surface area contributed by atoms with Crippen LogP contribution < -0.4 is 4.74 Å². The Hall–Kier alpha value is -3.08. The van der Waals surface area contributed by atoms with E-state index in [9.17, 15) is 18.0 Å². The van der Waals surface area contributed by atoms with Gasteiger partial charge in [-0.3, -0.25) is 4.79 Å². The van der Waals surface area contributed by atoms with Crippen LogP contribution in [-0.4, -0.2) is 5.78 Å². The van der Waals surface area contributed by atoms with Crippen LogP contribution in [0.2, 0.25) is 0 Å². The number of hydrogen-bond donors (Lipinski definition) is 0. The zero-order valence-electron chi connectivity index (χ0n) is 12.3. The van der Waals surface area contributed by atoms with Crippen LogP contribution in [0.3, 0.4) is 0 Å². The summed E-state index contributed by atoms with van der Waals surface area (Å²) >= 11 is 0. The number of halogens is 3. The minimum Gasteiger partial charge on any atom is -0.457 e. The second-order valence-corrected chi connectivity index (χ2v) is 5.01. The SMILES string of the molecule is O=C(c1ccc(Oc2ccccc2)cc1)c1c(F)cc(F)cc1F. The molecule has 0 radical (unpaired) electrons. The number of rotatable bonds is 4. The van der Waals surface area contributed by atoms with Crippen molar-refractivity contribution in [1.82, 2.24) is 0 Å². The van der Waals surface area contributed by atoms with Crippen LogP contribution in [0.4, 0.5) is 13.2 Å². The first-order chi connectivity index (χ1) is 11.5. The third-order valence-electron chi connectivity index (χ3n) is 3.33. The lowest BCUT2D eigenvalue weighted by Crippen LogP contribution is -2.08. The van der Waals surface area contributed by atoms with Gasteiger partial charge in [-0.1, -0.05) is 18.2 Å². The van der Waals surface area contributed by atoms with E-state index in [4.69, 9.17) is 4.74 Å². The Labute approximate surface area is 136 Å². The second-order valence-electron chi connectivity index (χ2n) is 5.01. The first-order valence-electron chi connectivity index (χ1n) is 7.07. The second kappa shape index (κ2) is 6.58. The van der Waals surface area contributed by atoms with Gasteiger partial charge in [-0.25, -0.2) is 13.2 Å². The van der Waals surface area contributed by atoms with Crippen molar-refractivity contribution in [3.05, 3.63) is 95.3 Å². The van der Waals surface area contributed by atoms with Crippen molar-refractivity contribution in [3.8, 4) is 11.5 Å². The summed E-state index contributed by atoms with van der Waals surface area (Å²) in [4.78, 5) is 12.2. The minimum absolute atomic E-state index is 0.0693. The van der Waals surface area contributed by atoms with E-state index in [1.54, 1.807) is 12.1 Å². The Balaban J connectivity index is 1.84. The predicted molar refractivity (Wildman–Crippen MR) is 82.7 cm³/mol. The summed E-state index contributed by atoms with van der Waals surface area (Å²) in [7, 11) is 0. The van der Waals surface area contributed by atoms with Crippen LogP contribution in [0.1, 0.15) is 15.9 Å². The largest absolute Gasteiger partial charge is 0.457 e. The fourth-order valence-electron chi connectivity index (χ4n) is 2.20. The molecule has 24 heavy (non-hydrogen) atoms. The molecule has 0 bridgehead atoms. The molecule has 0 saturated carbocycles. The Morgan fingerprint density at radius 3 is 1.88 bits per heavy atom. The van der Waals surface area contributed by atoms with Crippen molar-refractivity contribution >= 4 is 5.78 Å². The topological polar surface area (TPSA) is 26.3 Å². The Kier molecular flexibility index (Phi) is 4.33. The van der Waals surface area contributed by atoms with Crippen LogP contribution >= 0.6 is 0 Å². The maximum Gasteiger partial charge on any atom is 0.198 e.